The van der Waals surface area contributed by atoms with Gasteiger partial charge in [-0.05, 0) is 6.42 Å². The van der Waals surface area contributed by atoms with E-state index in [4.69, 9.17) is 21.4 Å². The van der Waals surface area contributed by atoms with Crippen LogP contribution in [0.2, 0.25) is 5.15 Å². The Balaban J connectivity index is 2.42. The summed E-state index contributed by atoms with van der Waals surface area (Å²) in [5, 5.41) is 13.1. The highest BCUT2D eigenvalue weighted by Crippen LogP contribution is 2.30. The molecule has 9 heteroatoms. The highest BCUT2D eigenvalue weighted by atomic mass is 35.5. The number of carbonyl (C=O) groups is 1. The van der Waals surface area contributed by atoms with Crippen molar-refractivity contribution in [3.63, 3.8) is 0 Å². The number of hydrogen-bond donors (Lipinski definition) is 1. The maximum absolute atomic E-state index is 11.5. The van der Waals surface area contributed by atoms with E-state index in [9.17, 15) is 13.2 Å². The first kappa shape index (κ1) is 14.3. The van der Waals surface area contributed by atoms with E-state index in [2.05, 4.69) is 5.10 Å². The molecule has 1 unspecified atom stereocenters. The average molecular weight is 309 g/mol. The number of nitrogens with zero attached hydrogens (tertiary/aromatic N) is 2. The van der Waals surface area contributed by atoms with Crippen LogP contribution >= 0.6 is 11.6 Å². The van der Waals surface area contributed by atoms with Crippen LogP contribution in [0.5, 0.6) is 0 Å². The third-order valence-electron chi connectivity index (χ3n) is 2.97. The van der Waals surface area contributed by atoms with Crippen molar-refractivity contribution in [3.8, 4) is 0 Å². The Morgan fingerprint density at radius 3 is 2.79 bits per heavy atom. The largest absolute Gasteiger partial charge is 0.478 e. The number of ether oxygens (including phenoxy) is 1. The van der Waals surface area contributed by atoms with Gasteiger partial charge >= 0.3 is 5.97 Å². The monoisotopic (exact) mass is 308 g/mol. The van der Waals surface area contributed by atoms with E-state index < -0.39 is 21.8 Å². The SMILES string of the molecule is COCc1nn(C2CCS(=O)(=O)C2)c(Cl)c1C(=O)O. The second-order valence-corrected chi connectivity index (χ2v) is 6.94. The molecule has 1 aromatic heterocycles. The van der Waals surface area contributed by atoms with Gasteiger partial charge in [-0.1, -0.05) is 11.6 Å². The van der Waals surface area contributed by atoms with Crippen LogP contribution in [0.25, 0.3) is 0 Å². The quantitative estimate of drug-likeness (QED) is 0.881. The number of aromatic nitrogens is 2. The molecule has 2 heterocycles. The number of halogens is 1. The first-order valence-electron chi connectivity index (χ1n) is 5.55. The minimum Gasteiger partial charge on any atom is -0.478 e. The van der Waals surface area contributed by atoms with Crippen LogP contribution in [0.1, 0.15) is 28.5 Å². The van der Waals surface area contributed by atoms with Crippen LogP contribution in [0.4, 0.5) is 0 Å². The molecule has 1 aliphatic rings. The van der Waals surface area contributed by atoms with E-state index >= 15 is 0 Å². The minimum absolute atomic E-state index is 0.00776. The fraction of sp³-hybridized carbons (Fsp3) is 0.600. The molecule has 1 aliphatic heterocycles. The second kappa shape index (κ2) is 5.10. The maximum Gasteiger partial charge on any atom is 0.340 e. The van der Waals surface area contributed by atoms with Gasteiger partial charge in [-0.15, -0.1) is 0 Å². The smallest absolute Gasteiger partial charge is 0.340 e. The lowest BCUT2D eigenvalue weighted by Crippen LogP contribution is -2.13. The number of rotatable bonds is 4. The van der Waals surface area contributed by atoms with Crippen molar-refractivity contribution >= 4 is 27.4 Å². The van der Waals surface area contributed by atoms with Crippen LogP contribution in [0.3, 0.4) is 0 Å². The topological polar surface area (TPSA) is 98.5 Å². The lowest BCUT2D eigenvalue weighted by Gasteiger charge is -2.09. The van der Waals surface area contributed by atoms with Gasteiger partial charge in [0.2, 0.25) is 0 Å². The summed E-state index contributed by atoms with van der Waals surface area (Å²) in [6, 6.07) is -0.416. The molecule has 106 valence electrons. The lowest BCUT2D eigenvalue weighted by atomic mass is 10.2. The van der Waals surface area contributed by atoms with Crippen molar-refractivity contribution < 1.29 is 23.1 Å². The Morgan fingerprint density at radius 1 is 1.63 bits per heavy atom. The molecule has 0 aliphatic carbocycles. The third-order valence-corrected chi connectivity index (χ3v) is 5.09. The molecule has 2 rings (SSSR count). The van der Waals surface area contributed by atoms with Gasteiger partial charge in [-0.3, -0.25) is 0 Å². The van der Waals surface area contributed by atoms with E-state index in [0.717, 1.165) is 0 Å². The molecule has 1 atom stereocenters. The van der Waals surface area contributed by atoms with Crippen LogP contribution in [0.15, 0.2) is 0 Å². The van der Waals surface area contributed by atoms with Crippen LogP contribution < -0.4 is 0 Å². The zero-order valence-electron chi connectivity index (χ0n) is 10.2. The van der Waals surface area contributed by atoms with Gasteiger partial charge in [0.25, 0.3) is 0 Å². The number of carboxylic acid groups (broad SMARTS) is 1. The number of hydrogen-bond acceptors (Lipinski definition) is 5. The number of sulfone groups is 1. The fourth-order valence-corrected chi connectivity index (χ4v) is 4.17. The highest BCUT2D eigenvalue weighted by Gasteiger charge is 2.33. The molecule has 0 amide bonds. The van der Waals surface area contributed by atoms with Crippen LogP contribution in [0, 0.1) is 0 Å². The zero-order chi connectivity index (χ0) is 14.2. The molecule has 0 aromatic carbocycles. The van der Waals surface area contributed by atoms with Gasteiger partial charge in [-0.25, -0.2) is 17.9 Å². The van der Waals surface area contributed by atoms with E-state index in [0.29, 0.717) is 6.42 Å². The molecule has 7 nitrogen and oxygen atoms in total. The Morgan fingerprint density at radius 2 is 2.32 bits per heavy atom. The van der Waals surface area contributed by atoms with Gasteiger partial charge in [0, 0.05) is 7.11 Å². The maximum atomic E-state index is 11.5. The van der Waals surface area contributed by atoms with Gasteiger partial charge in [0.05, 0.1) is 24.2 Å². The predicted molar refractivity (Wildman–Crippen MR) is 67.2 cm³/mol. The summed E-state index contributed by atoms with van der Waals surface area (Å²) in [5.41, 5.74) is 0.0668. The molecule has 1 saturated heterocycles. The van der Waals surface area contributed by atoms with Crippen LogP contribution in [-0.2, 0) is 21.2 Å². The van der Waals surface area contributed by atoms with E-state index in [1.54, 1.807) is 0 Å². The molecule has 1 N–H and O–H groups in total. The lowest BCUT2D eigenvalue weighted by molar-refractivity contribution is 0.0692. The minimum atomic E-state index is -3.09. The van der Waals surface area contributed by atoms with Crippen molar-refractivity contribution in [2.45, 2.75) is 19.1 Å². The molecule has 0 saturated carbocycles. The highest BCUT2D eigenvalue weighted by molar-refractivity contribution is 7.91. The van der Waals surface area contributed by atoms with E-state index in [1.807, 2.05) is 0 Å². The molecule has 19 heavy (non-hydrogen) atoms. The van der Waals surface area contributed by atoms with Crippen molar-refractivity contribution in [1.29, 1.82) is 0 Å². The molecule has 0 spiro atoms. The van der Waals surface area contributed by atoms with Gasteiger partial charge < -0.3 is 9.84 Å². The molecule has 1 fully saturated rings. The first-order valence-corrected chi connectivity index (χ1v) is 7.75. The Labute approximate surface area is 115 Å². The van der Waals surface area contributed by atoms with Crippen LogP contribution in [-0.4, -0.2) is 47.9 Å². The van der Waals surface area contributed by atoms with Gasteiger partial charge in [0.1, 0.15) is 16.4 Å². The third kappa shape index (κ3) is 2.75. The Kier molecular flexibility index (Phi) is 3.84. The Hall–Kier alpha value is -1.12. The average Bonchev–Trinajstić information content (AvgIpc) is 2.80. The number of aromatic carboxylic acids is 1. The molecular weight excluding hydrogens is 296 g/mol. The second-order valence-electron chi connectivity index (χ2n) is 4.35. The van der Waals surface area contributed by atoms with Crippen molar-refractivity contribution in [3.05, 3.63) is 16.4 Å². The summed E-state index contributed by atoms with van der Waals surface area (Å²) >= 11 is 6.00. The fourth-order valence-electron chi connectivity index (χ4n) is 2.12. The van der Waals surface area contributed by atoms with Gasteiger partial charge in [0.15, 0.2) is 9.84 Å². The summed E-state index contributed by atoms with van der Waals surface area (Å²) < 4.78 is 29.1. The summed E-state index contributed by atoms with van der Waals surface area (Å²) in [6.45, 7) is 0.00776. The first-order chi connectivity index (χ1) is 8.85. The normalized spacial score (nSPS) is 21.7. The summed E-state index contributed by atoms with van der Waals surface area (Å²) in [4.78, 5) is 11.2. The zero-order valence-corrected chi connectivity index (χ0v) is 11.7. The Bertz CT molecular complexity index is 610. The molecular formula is C10H13ClN2O5S. The van der Waals surface area contributed by atoms with Crippen molar-refractivity contribution in [2.75, 3.05) is 18.6 Å². The predicted octanol–water partition coefficient (Wildman–Crippen LogP) is 0.741. The summed E-state index contributed by atoms with van der Waals surface area (Å²) in [7, 11) is -1.68. The summed E-state index contributed by atoms with van der Waals surface area (Å²) in [5.74, 6) is -1.21. The van der Waals surface area contributed by atoms with Crippen molar-refractivity contribution in [2.24, 2.45) is 0 Å². The molecule has 0 bridgehead atoms. The molecule has 1 aromatic rings. The van der Waals surface area contributed by atoms with Crippen molar-refractivity contribution in [1.82, 2.24) is 9.78 Å². The van der Waals surface area contributed by atoms with Gasteiger partial charge in [-0.2, -0.15) is 5.10 Å². The standard InChI is InChI=1S/C10H13ClN2O5S/c1-18-4-7-8(10(14)15)9(11)13(12-7)6-2-3-19(16,17)5-6/h6H,2-5H2,1H3,(H,14,15). The summed E-state index contributed by atoms with van der Waals surface area (Å²) in [6.07, 6.45) is 0.384. The number of carboxylic acids is 1. The van der Waals surface area contributed by atoms with E-state index in [1.165, 1.54) is 11.8 Å². The van der Waals surface area contributed by atoms with E-state index in [-0.39, 0.29) is 34.5 Å². The number of methoxy groups -OCH3 is 1. The molecule has 0 radical (unpaired) electrons.